The summed E-state index contributed by atoms with van der Waals surface area (Å²) < 4.78 is 5.50. The van der Waals surface area contributed by atoms with E-state index in [0.29, 0.717) is 40.6 Å². The number of nitrogens with one attached hydrogen (secondary N) is 1. The van der Waals surface area contributed by atoms with Crippen molar-refractivity contribution in [1.82, 2.24) is 14.9 Å². The molecule has 1 amide bonds. The summed E-state index contributed by atoms with van der Waals surface area (Å²) in [5, 5.41) is 26.3. The number of rotatable bonds is 4. The topological polar surface area (TPSA) is 108 Å². The van der Waals surface area contributed by atoms with Crippen molar-refractivity contribution in [2.24, 2.45) is 0 Å². The Morgan fingerprint density at radius 1 is 0.792 bits per heavy atom. The van der Waals surface area contributed by atoms with Gasteiger partial charge in [0.05, 0.1) is 27.4 Å². The van der Waals surface area contributed by atoms with E-state index in [-0.39, 0.29) is 23.6 Å². The van der Waals surface area contributed by atoms with Gasteiger partial charge in [-0.3, -0.25) is 0 Å². The molecule has 1 saturated heterocycles. The molecule has 0 spiro atoms. The van der Waals surface area contributed by atoms with Gasteiger partial charge in [0.25, 0.3) is 0 Å². The van der Waals surface area contributed by atoms with Crippen LogP contribution in [0.3, 0.4) is 0 Å². The maximum absolute atomic E-state index is 12.4. The Morgan fingerprint density at radius 2 is 1.31 bits per heavy atom. The van der Waals surface area contributed by atoms with Crippen LogP contribution in [0.2, 0.25) is 5.02 Å². The summed E-state index contributed by atoms with van der Waals surface area (Å²) in [5.74, 6) is 0.402. The molecule has 4 aromatic carbocycles. The lowest BCUT2D eigenvalue weighted by atomic mass is 10.1. The first kappa shape index (κ1) is 32.6. The zero-order chi connectivity index (χ0) is 33.8. The third-order valence-corrected chi connectivity index (χ3v) is 8.25. The zero-order valence-corrected chi connectivity index (χ0v) is 27.8. The number of phenols is 2. The number of carbonyl (C=O) groups excluding carboxylic acids is 1. The molecule has 9 heteroatoms. The number of hydrogen-bond acceptors (Lipinski definition) is 7. The maximum Gasteiger partial charge on any atom is 0.410 e. The minimum absolute atomic E-state index is 0.112. The lowest BCUT2D eigenvalue weighted by Crippen LogP contribution is -2.36. The molecule has 244 valence electrons. The number of phenolic OH excluding ortho intramolecular Hbond substituents is 2. The molecule has 1 atom stereocenters. The van der Waals surface area contributed by atoms with Gasteiger partial charge in [0.2, 0.25) is 0 Å². The van der Waals surface area contributed by atoms with E-state index in [9.17, 15) is 15.0 Å². The average molecular weight is 661 g/mol. The first-order valence-corrected chi connectivity index (χ1v) is 16.2. The van der Waals surface area contributed by atoms with Gasteiger partial charge < -0.3 is 25.2 Å². The first-order valence-electron chi connectivity index (χ1n) is 15.8. The van der Waals surface area contributed by atoms with Crippen LogP contribution >= 0.6 is 11.6 Å². The van der Waals surface area contributed by atoms with Crippen molar-refractivity contribution >= 4 is 45.2 Å². The smallest absolute Gasteiger partial charge is 0.410 e. The van der Waals surface area contributed by atoms with Crippen LogP contribution in [-0.2, 0) is 4.74 Å². The van der Waals surface area contributed by atoms with E-state index in [1.54, 1.807) is 35.2 Å². The summed E-state index contributed by atoms with van der Waals surface area (Å²) in [4.78, 5) is 23.4. The molecular formula is C39H37ClN4O4. The fraction of sp³-hybridized carbons (Fsp3) is 0.205. The molecule has 0 unspecified atom stereocenters. The molecule has 3 N–H and O–H groups in total. The molecule has 1 aliphatic heterocycles. The molecule has 0 aliphatic carbocycles. The number of para-hydroxylation sites is 4. The molecule has 2 aromatic heterocycles. The highest BCUT2D eigenvalue weighted by molar-refractivity contribution is 6.35. The van der Waals surface area contributed by atoms with Crippen LogP contribution < -0.4 is 5.32 Å². The normalized spacial score (nSPS) is 14.4. The number of amides is 1. The van der Waals surface area contributed by atoms with Crippen molar-refractivity contribution in [2.45, 2.75) is 38.8 Å². The van der Waals surface area contributed by atoms with Crippen LogP contribution in [0.25, 0.3) is 44.3 Å². The lowest BCUT2D eigenvalue weighted by molar-refractivity contribution is 0.0293. The number of likely N-dealkylation sites (tertiary alicyclic amines) is 1. The fourth-order valence-electron chi connectivity index (χ4n) is 5.67. The number of aromatic hydroxyl groups is 2. The Balaban J connectivity index is 0.000000189. The van der Waals surface area contributed by atoms with E-state index < -0.39 is 5.60 Å². The first-order chi connectivity index (χ1) is 23.1. The monoisotopic (exact) mass is 660 g/mol. The standard InChI is InChI=1S/C24H27N3O3.C15H10ClNO/c1-24(2,3)30-23(29)27-13-12-16(15-27)25-20-14-21(18-9-5-7-11-22(18)28)26-19-10-6-4-8-17(19)20;16-12-9-14(11-6-2-4-8-15(11)18)17-13-7-3-1-5-10(12)13/h4-11,14,16,28H,12-13,15H2,1-3H3,(H,25,26);1-9,18H/t16-;/m0./s1. The summed E-state index contributed by atoms with van der Waals surface area (Å²) in [6, 6.07) is 33.8. The number of aromatic nitrogens is 2. The minimum atomic E-state index is -0.503. The molecule has 48 heavy (non-hydrogen) atoms. The molecule has 6 aromatic rings. The van der Waals surface area contributed by atoms with Gasteiger partial charge in [-0.25, -0.2) is 14.8 Å². The summed E-state index contributed by atoms with van der Waals surface area (Å²) in [5.41, 5.74) is 4.86. The van der Waals surface area contributed by atoms with Crippen LogP contribution in [0.15, 0.2) is 109 Å². The third-order valence-electron chi connectivity index (χ3n) is 7.94. The number of nitrogens with zero attached hydrogens (tertiary/aromatic N) is 3. The highest BCUT2D eigenvalue weighted by Crippen LogP contribution is 2.34. The second-order valence-electron chi connectivity index (χ2n) is 12.7. The summed E-state index contributed by atoms with van der Waals surface area (Å²) in [6.07, 6.45) is 0.559. The fourth-order valence-corrected chi connectivity index (χ4v) is 5.94. The predicted octanol–water partition coefficient (Wildman–Crippen LogP) is 9.29. The van der Waals surface area contributed by atoms with Crippen molar-refractivity contribution in [2.75, 3.05) is 18.4 Å². The van der Waals surface area contributed by atoms with Crippen LogP contribution in [-0.4, -0.2) is 55.9 Å². The Bertz CT molecular complexity index is 2100. The zero-order valence-electron chi connectivity index (χ0n) is 27.0. The summed E-state index contributed by atoms with van der Waals surface area (Å²) in [6.45, 7) is 6.86. The Morgan fingerprint density at radius 3 is 1.92 bits per heavy atom. The number of halogens is 1. The molecule has 0 radical (unpaired) electrons. The van der Waals surface area contributed by atoms with Crippen molar-refractivity contribution in [3.05, 3.63) is 114 Å². The Kier molecular flexibility index (Phi) is 9.37. The maximum atomic E-state index is 12.4. The number of fused-ring (bicyclic) bond motifs is 2. The molecule has 1 fully saturated rings. The Labute approximate surface area is 284 Å². The van der Waals surface area contributed by atoms with Gasteiger partial charge >= 0.3 is 6.09 Å². The second-order valence-corrected chi connectivity index (χ2v) is 13.1. The SMILES string of the molecule is CC(C)(C)OC(=O)N1CC[C@H](Nc2cc(-c3ccccc3O)nc3ccccc23)C1.Oc1ccccc1-c1cc(Cl)c2ccccc2n1. The highest BCUT2D eigenvalue weighted by atomic mass is 35.5. The van der Waals surface area contributed by atoms with Gasteiger partial charge in [-0.2, -0.15) is 0 Å². The molecular weight excluding hydrogens is 624 g/mol. The average Bonchev–Trinajstić information content (AvgIpc) is 3.54. The van der Waals surface area contributed by atoms with Crippen LogP contribution in [0.5, 0.6) is 11.5 Å². The molecule has 7 rings (SSSR count). The van der Waals surface area contributed by atoms with E-state index in [1.165, 1.54) is 0 Å². The van der Waals surface area contributed by atoms with Crippen LogP contribution in [0, 0.1) is 0 Å². The largest absolute Gasteiger partial charge is 0.507 e. The Hall–Kier alpha value is -5.34. The molecule has 1 aliphatic rings. The quantitative estimate of drug-likeness (QED) is 0.173. The molecule has 3 heterocycles. The number of carbonyl (C=O) groups is 1. The van der Waals surface area contributed by atoms with Gasteiger partial charge in [-0.05, 0) is 75.7 Å². The van der Waals surface area contributed by atoms with E-state index in [4.69, 9.17) is 21.3 Å². The molecule has 0 bridgehead atoms. The second kappa shape index (κ2) is 13.8. The van der Waals surface area contributed by atoms with E-state index in [0.717, 1.165) is 33.9 Å². The summed E-state index contributed by atoms with van der Waals surface area (Å²) in [7, 11) is 0. The summed E-state index contributed by atoms with van der Waals surface area (Å²) >= 11 is 6.24. The van der Waals surface area contributed by atoms with Crippen molar-refractivity contribution in [3.63, 3.8) is 0 Å². The number of anilines is 1. The van der Waals surface area contributed by atoms with E-state index in [2.05, 4.69) is 10.3 Å². The molecule has 0 saturated carbocycles. The number of ether oxygens (including phenoxy) is 1. The van der Waals surface area contributed by atoms with E-state index >= 15 is 0 Å². The predicted molar refractivity (Wildman–Crippen MR) is 193 cm³/mol. The minimum Gasteiger partial charge on any atom is -0.507 e. The van der Waals surface area contributed by atoms with Crippen LogP contribution in [0.4, 0.5) is 10.5 Å². The van der Waals surface area contributed by atoms with Crippen molar-refractivity contribution in [1.29, 1.82) is 0 Å². The highest BCUT2D eigenvalue weighted by Gasteiger charge is 2.30. The number of hydrogen-bond donors (Lipinski definition) is 3. The number of pyridine rings is 2. The van der Waals surface area contributed by atoms with E-state index in [1.807, 2.05) is 99.6 Å². The van der Waals surface area contributed by atoms with Gasteiger partial charge in [-0.1, -0.05) is 72.3 Å². The lowest BCUT2D eigenvalue weighted by Gasteiger charge is -2.24. The van der Waals surface area contributed by atoms with Gasteiger partial charge in [0.15, 0.2) is 0 Å². The van der Waals surface area contributed by atoms with Gasteiger partial charge in [0, 0.05) is 46.7 Å². The number of benzene rings is 4. The van der Waals surface area contributed by atoms with Gasteiger partial charge in [-0.15, -0.1) is 0 Å². The van der Waals surface area contributed by atoms with Crippen molar-refractivity contribution < 1.29 is 19.7 Å². The third kappa shape index (κ3) is 7.45. The molecule has 8 nitrogen and oxygen atoms in total. The van der Waals surface area contributed by atoms with Gasteiger partial charge in [0.1, 0.15) is 17.1 Å². The van der Waals surface area contributed by atoms with Crippen LogP contribution in [0.1, 0.15) is 27.2 Å². The van der Waals surface area contributed by atoms with Crippen molar-refractivity contribution in [3.8, 4) is 34.0 Å².